The van der Waals surface area contributed by atoms with Crippen LogP contribution in [0.1, 0.15) is 41.0 Å². The van der Waals surface area contributed by atoms with Gasteiger partial charge in [-0.05, 0) is 25.5 Å². The van der Waals surface area contributed by atoms with Gasteiger partial charge in [0, 0.05) is 0 Å². The molecule has 2 rings (SSSR count). The van der Waals surface area contributed by atoms with Crippen molar-refractivity contribution in [2.24, 2.45) is 5.73 Å². The van der Waals surface area contributed by atoms with E-state index in [9.17, 15) is 14.4 Å². The number of benzene rings is 1. The van der Waals surface area contributed by atoms with E-state index < -0.39 is 23.3 Å². The number of hydrogen-bond acceptors (Lipinski definition) is 3. The first-order valence-corrected chi connectivity index (χ1v) is 5.71. The lowest BCUT2D eigenvalue weighted by atomic mass is 9.95. The molecule has 0 spiro atoms. The number of nitrogens with zero attached hydrogens (tertiary/aromatic N) is 1. The van der Waals surface area contributed by atoms with Crippen LogP contribution in [0.5, 0.6) is 0 Å². The maximum absolute atomic E-state index is 12.2. The van der Waals surface area contributed by atoms with Crippen LogP contribution in [0.4, 0.5) is 0 Å². The van der Waals surface area contributed by atoms with E-state index in [2.05, 4.69) is 0 Å². The monoisotopic (exact) mass is 246 g/mol. The predicted molar refractivity (Wildman–Crippen MR) is 64.8 cm³/mol. The summed E-state index contributed by atoms with van der Waals surface area (Å²) in [4.78, 5) is 37.0. The standard InChI is InChI=1S/C13H14N2O3/c1-3-13(2,12(14)18)15-10(16)8-6-4-5-7-9(8)11(15)17/h4-7H,3H2,1-2H3,(H2,14,18). The summed E-state index contributed by atoms with van der Waals surface area (Å²) in [5.41, 5.74) is 4.70. The van der Waals surface area contributed by atoms with Crippen LogP contribution < -0.4 is 5.73 Å². The minimum absolute atomic E-state index is 0.286. The van der Waals surface area contributed by atoms with Gasteiger partial charge in [0.1, 0.15) is 5.54 Å². The Hall–Kier alpha value is -2.17. The first-order valence-electron chi connectivity index (χ1n) is 5.71. The number of primary amides is 1. The number of fused-ring (bicyclic) bond motifs is 1. The Kier molecular flexibility index (Phi) is 2.69. The van der Waals surface area contributed by atoms with E-state index in [4.69, 9.17) is 5.73 Å². The fraction of sp³-hybridized carbons (Fsp3) is 0.308. The highest BCUT2D eigenvalue weighted by atomic mass is 16.2. The van der Waals surface area contributed by atoms with Crippen molar-refractivity contribution in [2.75, 3.05) is 0 Å². The van der Waals surface area contributed by atoms with Crippen molar-refractivity contribution in [3.63, 3.8) is 0 Å². The van der Waals surface area contributed by atoms with E-state index in [-0.39, 0.29) is 6.42 Å². The van der Waals surface area contributed by atoms with E-state index >= 15 is 0 Å². The van der Waals surface area contributed by atoms with Gasteiger partial charge < -0.3 is 5.73 Å². The Morgan fingerprint density at radius 2 is 1.67 bits per heavy atom. The van der Waals surface area contributed by atoms with Gasteiger partial charge in [0.25, 0.3) is 11.8 Å². The molecule has 5 heteroatoms. The van der Waals surface area contributed by atoms with E-state index in [1.54, 1.807) is 31.2 Å². The van der Waals surface area contributed by atoms with Crippen molar-refractivity contribution in [1.29, 1.82) is 0 Å². The van der Waals surface area contributed by atoms with Gasteiger partial charge in [-0.1, -0.05) is 19.1 Å². The van der Waals surface area contributed by atoms with Gasteiger partial charge >= 0.3 is 0 Å². The van der Waals surface area contributed by atoms with Crippen LogP contribution in [-0.4, -0.2) is 28.2 Å². The zero-order chi connectivity index (χ0) is 13.5. The summed E-state index contributed by atoms with van der Waals surface area (Å²) in [6.45, 7) is 3.23. The Bertz CT molecular complexity index is 518. The third-order valence-electron chi connectivity index (χ3n) is 3.51. The molecular weight excluding hydrogens is 232 g/mol. The topological polar surface area (TPSA) is 80.5 Å². The SMILES string of the molecule is CCC(C)(C(N)=O)N1C(=O)c2ccccc2C1=O. The van der Waals surface area contributed by atoms with Gasteiger partial charge in [-0.25, -0.2) is 0 Å². The minimum atomic E-state index is -1.28. The van der Waals surface area contributed by atoms with E-state index in [0.29, 0.717) is 11.1 Å². The maximum atomic E-state index is 12.2. The smallest absolute Gasteiger partial charge is 0.262 e. The number of carbonyl (C=O) groups excluding carboxylic acids is 3. The van der Waals surface area contributed by atoms with Crippen molar-refractivity contribution < 1.29 is 14.4 Å². The third kappa shape index (κ3) is 1.44. The molecule has 0 aliphatic carbocycles. The summed E-state index contributed by atoms with van der Waals surface area (Å²) in [6, 6.07) is 6.52. The molecule has 94 valence electrons. The molecular formula is C13H14N2O3. The van der Waals surface area contributed by atoms with Crippen molar-refractivity contribution in [2.45, 2.75) is 25.8 Å². The third-order valence-corrected chi connectivity index (χ3v) is 3.51. The molecule has 0 radical (unpaired) electrons. The quantitative estimate of drug-likeness (QED) is 0.806. The summed E-state index contributed by atoms with van der Waals surface area (Å²) in [7, 11) is 0. The van der Waals surface area contributed by atoms with Gasteiger partial charge in [0.05, 0.1) is 11.1 Å². The van der Waals surface area contributed by atoms with E-state index in [0.717, 1.165) is 4.90 Å². The van der Waals surface area contributed by atoms with Crippen LogP contribution in [0.3, 0.4) is 0 Å². The molecule has 3 amide bonds. The second kappa shape index (κ2) is 3.94. The summed E-state index contributed by atoms with van der Waals surface area (Å²) in [6.07, 6.45) is 0.286. The van der Waals surface area contributed by atoms with Gasteiger partial charge in [-0.2, -0.15) is 0 Å². The van der Waals surface area contributed by atoms with Crippen LogP contribution >= 0.6 is 0 Å². The van der Waals surface area contributed by atoms with Gasteiger partial charge in [-0.15, -0.1) is 0 Å². The molecule has 2 N–H and O–H groups in total. The first kappa shape index (κ1) is 12.3. The Morgan fingerprint density at radius 3 is 2.00 bits per heavy atom. The molecule has 1 aromatic rings. The van der Waals surface area contributed by atoms with E-state index in [1.165, 1.54) is 6.92 Å². The number of imide groups is 1. The first-order chi connectivity index (χ1) is 8.43. The highest BCUT2D eigenvalue weighted by Crippen LogP contribution is 2.31. The number of nitrogens with two attached hydrogens (primary N) is 1. The normalized spacial score (nSPS) is 17.6. The molecule has 0 fully saturated rings. The zero-order valence-corrected chi connectivity index (χ0v) is 10.3. The van der Waals surface area contributed by atoms with Crippen molar-refractivity contribution in [3.8, 4) is 0 Å². The van der Waals surface area contributed by atoms with Gasteiger partial charge in [0.15, 0.2) is 0 Å². The molecule has 5 nitrogen and oxygen atoms in total. The summed E-state index contributed by atoms with van der Waals surface area (Å²) < 4.78 is 0. The molecule has 1 unspecified atom stereocenters. The van der Waals surface area contributed by atoms with Crippen LogP contribution in [0.2, 0.25) is 0 Å². The summed E-state index contributed by atoms with van der Waals surface area (Å²) >= 11 is 0. The Labute approximate surface area is 105 Å². The fourth-order valence-corrected chi connectivity index (χ4v) is 2.08. The van der Waals surface area contributed by atoms with Crippen molar-refractivity contribution >= 4 is 17.7 Å². The van der Waals surface area contributed by atoms with E-state index in [1.807, 2.05) is 0 Å². The van der Waals surface area contributed by atoms with Crippen molar-refractivity contribution in [1.82, 2.24) is 4.90 Å². The predicted octanol–water partition coefficient (Wildman–Crippen LogP) is 0.937. The molecule has 0 aromatic heterocycles. The van der Waals surface area contributed by atoms with Crippen LogP contribution in [0.25, 0.3) is 0 Å². The lowest BCUT2D eigenvalue weighted by Crippen LogP contribution is -2.57. The molecule has 1 aromatic carbocycles. The molecule has 1 heterocycles. The lowest BCUT2D eigenvalue weighted by Gasteiger charge is -2.33. The average Bonchev–Trinajstić information content (AvgIpc) is 2.62. The number of rotatable bonds is 3. The molecule has 1 atom stereocenters. The summed E-state index contributed by atoms with van der Waals surface area (Å²) in [5.74, 6) is -1.60. The zero-order valence-electron chi connectivity index (χ0n) is 10.3. The average molecular weight is 246 g/mol. The highest BCUT2D eigenvalue weighted by Gasteiger charge is 2.48. The molecule has 0 saturated heterocycles. The number of hydrogen-bond donors (Lipinski definition) is 1. The maximum Gasteiger partial charge on any atom is 0.262 e. The molecule has 1 aliphatic heterocycles. The van der Waals surface area contributed by atoms with Crippen LogP contribution in [0, 0.1) is 0 Å². The largest absolute Gasteiger partial charge is 0.368 e. The van der Waals surface area contributed by atoms with Gasteiger partial charge in [0.2, 0.25) is 5.91 Å². The van der Waals surface area contributed by atoms with Crippen LogP contribution in [0.15, 0.2) is 24.3 Å². The Morgan fingerprint density at radius 1 is 1.22 bits per heavy atom. The number of carbonyl (C=O) groups is 3. The highest BCUT2D eigenvalue weighted by molar-refractivity contribution is 6.23. The minimum Gasteiger partial charge on any atom is -0.368 e. The Balaban J connectivity index is 2.55. The molecule has 0 bridgehead atoms. The van der Waals surface area contributed by atoms with Gasteiger partial charge in [-0.3, -0.25) is 19.3 Å². The van der Waals surface area contributed by atoms with Crippen molar-refractivity contribution in [3.05, 3.63) is 35.4 Å². The lowest BCUT2D eigenvalue weighted by molar-refractivity contribution is -0.126. The fourth-order valence-electron chi connectivity index (χ4n) is 2.08. The second-order valence-electron chi connectivity index (χ2n) is 4.48. The molecule has 1 aliphatic rings. The number of amides is 3. The summed E-state index contributed by atoms with van der Waals surface area (Å²) in [5, 5.41) is 0. The molecule has 18 heavy (non-hydrogen) atoms. The second-order valence-corrected chi connectivity index (χ2v) is 4.48. The van der Waals surface area contributed by atoms with Crippen LogP contribution in [-0.2, 0) is 4.79 Å². The molecule has 0 saturated carbocycles.